The average Bonchev–Trinajstić information content (AvgIpc) is 2.63. The SMILES string of the molecule is CCSC1CCC1(O)CNc1cc(C(F)(F)F)nc(-c2ccncc2)n1. The van der Waals surface area contributed by atoms with E-state index >= 15 is 0 Å². The first-order chi connectivity index (χ1) is 12.3. The average molecular weight is 384 g/mol. The van der Waals surface area contributed by atoms with Crippen molar-refractivity contribution in [3.63, 3.8) is 0 Å². The number of alkyl halides is 3. The second-order valence-electron chi connectivity index (χ2n) is 6.14. The summed E-state index contributed by atoms with van der Waals surface area (Å²) >= 11 is 1.66. The van der Waals surface area contributed by atoms with Gasteiger partial charge in [0, 0.05) is 35.8 Å². The van der Waals surface area contributed by atoms with Gasteiger partial charge in [0.2, 0.25) is 0 Å². The van der Waals surface area contributed by atoms with Crippen LogP contribution in [0.3, 0.4) is 0 Å². The maximum atomic E-state index is 13.2. The topological polar surface area (TPSA) is 70.9 Å². The van der Waals surface area contributed by atoms with Gasteiger partial charge in [0.15, 0.2) is 11.5 Å². The van der Waals surface area contributed by atoms with Crippen LogP contribution in [-0.4, -0.2) is 43.2 Å². The van der Waals surface area contributed by atoms with Crippen molar-refractivity contribution in [2.24, 2.45) is 0 Å². The monoisotopic (exact) mass is 384 g/mol. The molecule has 2 heterocycles. The molecule has 2 unspecified atom stereocenters. The van der Waals surface area contributed by atoms with E-state index in [-0.39, 0.29) is 23.4 Å². The van der Waals surface area contributed by atoms with E-state index in [2.05, 4.69) is 20.3 Å². The van der Waals surface area contributed by atoms with Crippen molar-refractivity contribution in [1.29, 1.82) is 0 Å². The zero-order valence-electron chi connectivity index (χ0n) is 14.1. The van der Waals surface area contributed by atoms with E-state index in [0.29, 0.717) is 12.0 Å². The van der Waals surface area contributed by atoms with Gasteiger partial charge in [-0.15, -0.1) is 0 Å². The van der Waals surface area contributed by atoms with E-state index < -0.39 is 17.5 Å². The van der Waals surface area contributed by atoms with Gasteiger partial charge < -0.3 is 10.4 Å². The summed E-state index contributed by atoms with van der Waals surface area (Å²) in [4.78, 5) is 11.7. The fourth-order valence-corrected chi connectivity index (χ4v) is 3.99. The Balaban J connectivity index is 1.84. The summed E-state index contributed by atoms with van der Waals surface area (Å²) < 4.78 is 39.6. The van der Waals surface area contributed by atoms with Gasteiger partial charge in [-0.25, -0.2) is 9.97 Å². The highest BCUT2D eigenvalue weighted by Gasteiger charge is 2.45. The van der Waals surface area contributed by atoms with Gasteiger partial charge in [0.1, 0.15) is 5.82 Å². The number of nitrogens with one attached hydrogen (secondary N) is 1. The largest absolute Gasteiger partial charge is 0.433 e. The molecule has 0 amide bonds. The number of aromatic nitrogens is 3. The minimum Gasteiger partial charge on any atom is -0.387 e. The number of pyridine rings is 1. The molecule has 9 heteroatoms. The van der Waals surface area contributed by atoms with Crippen molar-refractivity contribution in [3.8, 4) is 11.4 Å². The summed E-state index contributed by atoms with van der Waals surface area (Å²) in [5, 5.41) is 13.6. The summed E-state index contributed by atoms with van der Waals surface area (Å²) in [7, 11) is 0. The molecule has 0 aromatic carbocycles. The van der Waals surface area contributed by atoms with E-state index in [9.17, 15) is 18.3 Å². The summed E-state index contributed by atoms with van der Waals surface area (Å²) in [6, 6.07) is 3.97. The molecule has 2 aromatic heterocycles. The normalized spacial score (nSPS) is 22.7. The molecule has 0 radical (unpaired) electrons. The van der Waals surface area contributed by atoms with Crippen molar-refractivity contribution in [2.45, 2.75) is 36.8 Å². The van der Waals surface area contributed by atoms with Crippen molar-refractivity contribution < 1.29 is 18.3 Å². The standard InChI is InChI=1S/C17H19F3N4OS/c1-2-26-13-3-6-16(13,25)10-22-14-9-12(17(18,19)20)23-15(24-14)11-4-7-21-8-5-11/h4-5,7-9,13,25H,2-3,6,10H2,1H3,(H,22,23,24). The molecular weight excluding hydrogens is 365 g/mol. The molecule has 1 fully saturated rings. The Bertz CT molecular complexity index is 759. The number of nitrogens with zero attached hydrogens (tertiary/aromatic N) is 3. The van der Waals surface area contributed by atoms with E-state index in [1.165, 1.54) is 12.4 Å². The number of hydrogen-bond acceptors (Lipinski definition) is 6. The summed E-state index contributed by atoms with van der Waals surface area (Å²) in [5.41, 5.74) is -1.52. The molecule has 3 rings (SSSR count). The van der Waals surface area contributed by atoms with Crippen LogP contribution in [0.2, 0.25) is 0 Å². The molecule has 2 aromatic rings. The van der Waals surface area contributed by atoms with Gasteiger partial charge in [-0.2, -0.15) is 24.9 Å². The Hall–Kier alpha value is -1.87. The number of aliphatic hydroxyl groups is 1. The van der Waals surface area contributed by atoms with Crippen LogP contribution >= 0.6 is 11.8 Å². The molecule has 1 saturated carbocycles. The molecule has 0 bridgehead atoms. The van der Waals surface area contributed by atoms with Gasteiger partial charge in [-0.3, -0.25) is 4.98 Å². The van der Waals surface area contributed by atoms with Crippen molar-refractivity contribution in [2.75, 3.05) is 17.6 Å². The molecule has 5 nitrogen and oxygen atoms in total. The molecule has 26 heavy (non-hydrogen) atoms. The van der Waals surface area contributed by atoms with Crippen LogP contribution < -0.4 is 5.32 Å². The number of anilines is 1. The van der Waals surface area contributed by atoms with Crippen LogP contribution in [0.5, 0.6) is 0 Å². The number of halogens is 3. The third-order valence-electron chi connectivity index (χ3n) is 4.34. The van der Waals surface area contributed by atoms with Crippen LogP contribution in [0.4, 0.5) is 19.0 Å². The third-order valence-corrected chi connectivity index (χ3v) is 5.75. The zero-order chi connectivity index (χ0) is 18.8. The number of hydrogen-bond donors (Lipinski definition) is 2. The van der Waals surface area contributed by atoms with Crippen molar-refractivity contribution in [3.05, 3.63) is 36.3 Å². The molecule has 1 aliphatic carbocycles. The van der Waals surface area contributed by atoms with Gasteiger partial charge in [-0.1, -0.05) is 6.92 Å². The number of rotatable bonds is 6. The fraction of sp³-hybridized carbons (Fsp3) is 0.471. The van der Waals surface area contributed by atoms with Crippen LogP contribution in [0, 0.1) is 0 Å². The van der Waals surface area contributed by atoms with E-state index in [1.54, 1.807) is 23.9 Å². The maximum absolute atomic E-state index is 13.2. The lowest BCUT2D eigenvalue weighted by molar-refractivity contribution is -0.141. The second kappa shape index (κ2) is 7.40. The maximum Gasteiger partial charge on any atom is 0.433 e. The lowest BCUT2D eigenvalue weighted by atomic mass is 9.79. The highest BCUT2D eigenvalue weighted by Crippen LogP contribution is 2.41. The summed E-state index contributed by atoms with van der Waals surface area (Å²) in [5.74, 6) is 0.884. The Kier molecular flexibility index (Phi) is 5.38. The predicted octanol–water partition coefficient (Wildman–Crippen LogP) is 3.62. The molecule has 0 aliphatic heterocycles. The lowest BCUT2D eigenvalue weighted by Crippen LogP contribution is -2.54. The second-order valence-corrected chi connectivity index (χ2v) is 7.62. The number of thioether (sulfide) groups is 1. The molecule has 140 valence electrons. The van der Waals surface area contributed by atoms with E-state index in [0.717, 1.165) is 18.2 Å². The first-order valence-electron chi connectivity index (χ1n) is 8.26. The van der Waals surface area contributed by atoms with E-state index in [1.807, 2.05) is 6.92 Å². The Morgan fingerprint density at radius 1 is 1.31 bits per heavy atom. The highest BCUT2D eigenvalue weighted by molar-refractivity contribution is 8.00. The Labute approximate surface area is 153 Å². The fourth-order valence-electron chi connectivity index (χ4n) is 2.79. The Morgan fingerprint density at radius 2 is 2.04 bits per heavy atom. The molecular formula is C17H19F3N4OS. The van der Waals surface area contributed by atoms with Crippen LogP contribution in [-0.2, 0) is 6.18 Å². The summed E-state index contributed by atoms with van der Waals surface area (Å²) in [6.07, 6.45) is -0.136. The van der Waals surface area contributed by atoms with Crippen molar-refractivity contribution >= 4 is 17.6 Å². The molecule has 0 saturated heterocycles. The van der Waals surface area contributed by atoms with E-state index in [4.69, 9.17) is 0 Å². The van der Waals surface area contributed by atoms with Crippen LogP contribution in [0.1, 0.15) is 25.5 Å². The predicted molar refractivity (Wildman–Crippen MR) is 94.9 cm³/mol. The van der Waals surface area contributed by atoms with Crippen molar-refractivity contribution in [1.82, 2.24) is 15.0 Å². The van der Waals surface area contributed by atoms with Gasteiger partial charge in [0.05, 0.1) is 5.60 Å². The summed E-state index contributed by atoms with van der Waals surface area (Å²) in [6.45, 7) is 2.16. The van der Waals surface area contributed by atoms with Crippen LogP contribution in [0.25, 0.3) is 11.4 Å². The molecule has 2 atom stereocenters. The molecule has 0 spiro atoms. The first kappa shape index (κ1) is 18.9. The molecule has 2 N–H and O–H groups in total. The van der Waals surface area contributed by atoms with Gasteiger partial charge >= 0.3 is 6.18 Å². The van der Waals surface area contributed by atoms with Crippen LogP contribution in [0.15, 0.2) is 30.6 Å². The highest BCUT2D eigenvalue weighted by atomic mass is 32.2. The Morgan fingerprint density at radius 3 is 2.62 bits per heavy atom. The van der Waals surface area contributed by atoms with Gasteiger partial charge in [0.25, 0.3) is 0 Å². The molecule has 1 aliphatic rings. The lowest BCUT2D eigenvalue weighted by Gasteiger charge is -2.45. The zero-order valence-corrected chi connectivity index (χ0v) is 14.9. The third kappa shape index (κ3) is 4.09. The first-order valence-corrected chi connectivity index (χ1v) is 9.31. The quantitative estimate of drug-likeness (QED) is 0.793. The minimum atomic E-state index is -4.59. The minimum absolute atomic E-state index is 0.0372. The smallest absolute Gasteiger partial charge is 0.387 e. The van der Waals surface area contributed by atoms with Gasteiger partial charge in [-0.05, 0) is 30.7 Å².